The number of rotatable bonds is 4. The molecule has 1 aromatic carbocycles. The molecule has 0 fully saturated rings. The number of hydrogen-bond acceptors (Lipinski definition) is 5. The fourth-order valence-electron chi connectivity index (χ4n) is 3.38. The van der Waals surface area contributed by atoms with Gasteiger partial charge in [0.1, 0.15) is 17.5 Å². The molecule has 1 atom stereocenters. The largest absolute Gasteiger partial charge is 0.366 e. The van der Waals surface area contributed by atoms with Gasteiger partial charge in [-0.2, -0.15) is 0 Å². The Kier molecular flexibility index (Phi) is 4.06. The van der Waals surface area contributed by atoms with E-state index < -0.39 is 0 Å². The highest BCUT2D eigenvalue weighted by Gasteiger charge is 2.28. The van der Waals surface area contributed by atoms with E-state index in [-0.39, 0.29) is 0 Å². The zero-order valence-electron chi connectivity index (χ0n) is 14.5. The van der Waals surface area contributed by atoms with E-state index in [1.54, 1.807) is 6.20 Å². The van der Waals surface area contributed by atoms with Gasteiger partial charge >= 0.3 is 0 Å². The van der Waals surface area contributed by atoms with Crippen LogP contribution in [0.25, 0.3) is 0 Å². The number of nitrogens with one attached hydrogen (secondary N) is 1. The number of fused-ring (bicyclic) bond motifs is 1. The Hall–Kier alpha value is -2.95. The van der Waals surface area contributed by atoms with Crippen LogP contribution in [0.5, 0.6) is 0 Å². The van der Waals surface area contributed by atoms with Crippen LogP contribution in [0.3, 0.4) is 0 Å². The van der Waals surface area contributed by atoms with Crippen molar-refractivity contribution < 1.29 is 0 Å². The summed E-state index contributed by atoms with van der Waals surface area (Å²) in [5.41, 5.74) is 3.74. The van der Waals surface area contributed by atoms with Gasteiger partial charge in [-0.25, -0.2) is 9.97 Å². The van der Waals surface area contributed by atoms with Gasteiger partial charge in [-0.15, -0.1) is 0 Å². The maximum atomic E-state index is 4.68. The van der Waals surface area contributed by atoms with Crippen molar-refractivity contribution in [3.8, 4) is 0 Å². The summed E-state index contributed by atoms with van der Waals surface area (Å²) in [6.07, 6.45) is 4.68. The summed E-state index contributed by atoms with van der Waals surface area (Å²) in [5, 5.41) is 3.39. The van der Waals surface area contributed by atoms with Gasteiger partial charge in [0.2, 0.25) is 0 Å². The Morgan fingerprint density at radius 2 is 2.04 bits per heavy atom. The number of anilines is 3. The second-order valence-corrected chi connectivity index (χ2v) is 6.43. The average molecular weight is 331 g/mol. The fourth-order valence-corrected chi connectivity index (χ4v) is 3.38. The number of hydrogen-bond donors (Lipinski definition) is 1. The monoisotopic (exact) mass is 331 g/mol. The number of nitrogens with zero attached hydrogens (tertiary/aromatic N) is 4. The van der Waals surface area contributed by atoms with Gasteiger partial charge in [0.25, 0.3) is 0 Å². The minimum atomic E-state index is 0.387. The number of aryl methyl sites for hydroxylation is 1. The molecule has 1 aliphatic rings. The Labute approximate surface area is 147 Å². The Morgan fingerprint density at radius 1 is 1.16 bits per heavy atom. The molecular weight excluding hydrogens is 310 g/mol. The third-order valence-corrected chi connectivity index (χ3v) is 4.47. The van der Waals surface area contributed by atoms with Crippen molar-refractivity contribution in [3.63, 3.8) is 0 Å². The molecule has 25 heavy (non-hydrogen) atoms. The number of aromatic nitrogens is 3. The van der Waals surface area contributed by atoms with Crippen molar-refractivity contribution in [3.05, 3.63) is 71.8 Å². The van der Waals surface area contributed by atoms with Gasteiger partial charge < -0.3 is 10.2 Å². The van der Waals surface area contributed by atoms with Crippen molar-refractivity contribution in [1.82, 2.24) is 15.0 Å². The van der Waals surface area contributed by atoms with E-state index in [0.717, 1.165) is 29.4 Å². The highest BCUT2D eigenvalue weighted by atomic mass is 15.2. The molecule has 0 saturated heterocycles. The summed E-state index contributed by atoms with van der Waals surface area (Å²) in [6.45, 7) is 4.86. The smallest absolute Gasteiger partial charge is 0.139 e. The van der Waals surface area contributed by atoms with E-state index in [1.807, 2.05) is 31.3 Å². The van der Waals surface area contributed by atoms with Crippen LogP contribution in [0.15, 0.2) is 54.9 Å². The lowest BCUT2D eigenvalue weighted by Gasteiger charge is -2.24. The Bertz CT molecular complexity index is 878. The summed E-state index contributed by atoms with van der Waals surface area (Å²) in [7, 11) is 0. The molecule has 1 N–H and O–H groups in total. The summed E-state index contributed by atoms with van der Waals surface area (Å²) in [5.74, 6) is 2.55. The molecule has 2 aromatic heterocycles. The first-order valence-electron chi connectivity index (χ1n) is 8.56. The standard InChI is InChI=1S/C20H21N5/c1-14-10-17-7-3-4-8-18(17)25(14)20-11-19(23-15(2)24-20)22-13-16-6-5-9-21-12-16/h3-9,11-12,14H,10,13H2,1-2H3,(H,22,23,24). The van der Waals surface area contributed by atoms with Crippen LogP contribution in [0.2, 0.25) is 0 Å². The van der Waals surface area contributed by atoms with E-state index in [1.165, 1.54) is 11.3 Å². The molecule has 0 saturated carbocycles. The molecule has 0 spiro atoms. The van der Waals surface area contributed by atoms with Crippen LogP contribution in [-0.2, 0) is 13.0 Å². The zero-order valence-corrected chi connectivity index (χ0v) is 14.5. The minimum absolute atomic E-state index is 0.387. The molecular formula is C20H21N5. The van der Waals surface area contributed by atoms with Gasteiger partial charge in [-0.05, 0) is 43.5 Å². The predicted molar refractivity (Wildman–Crippen MR) is 100 cm³/mol. The normalized spacial score (nSPS) is 15.9. The van der Waals surface area contributed by atoms with E-state index in [4.69, 9.17) is 0 Å². The summed E-state index contributed by atoms with van der Waals surface area (Å²) in [6, 6.07) is 14.9. The van der Waals surface area contributed by atoms with E-state index in [2.05, 4.69) is 56.4 Å². The first-order valence-corrected chi connectivity index (χ1v) is 8.56. The van der Waals surface area contributed by atoms with Gasteiger partial charge in [-0.1, -0.05) is 24.3 Å². The van der Waals surface area contributed by atoms with Gasteiger partial charge in [0.15, 0.2) is 0 Å². The van der Waals surface area contributed by atoms with Gasteiger partial charge in [0, 0.05) is 36.7 Å². The second kappa shape index (κ2) is 6.51. The lowest BCUT2D eigenvalue weighted by atomic mass is 10.1. The molecule has 1 unspecified atom stereocenters. The number of para-hydroxylation sites is 1. The van der Waals surface area contributed by atoms with Crippen molar-refractivity contribution in [2.24, 2.45) is 0 Å². The highest BCUT2D eigenvalue weighted by molar-refractivity contribution is 5.70. The molecule has 0 amide bonds. The van der Waals surface area contributed by atoms with Crippen molar-refractivity contribution in [2.75, 3.05) is 10.2 Å². The molecule has 126 valence electrons. The third kappa shape index (κ3) is 3.18. The van der Waals surface area contributed by atoms with Crippen LogP contribution in [0.4, 0.5) is 17.3 Å². The lowest BCUT2D eigenvalue weighted by Crippen LogP contribution is -2.25. The molecule has 0 bridgehead atoms. The summed E-state index contributed by atoms with van der Waals surface area (Å²) < 4.78 is 0. The number of benzene rings is 1. The molecule has 5 nitrogen and oxygen atoms in total. The van der Waals surface area contributed by atoms with Crippen molar-refractivity contribution in [2.45, 2.75) is 32.9 Å². The highest BCUT2D eigenvalue weighted by Crippen LogP contribution is 2.37. The maximum Gasteiger partial charge on any atom is 0.139 e. The number of pyridine rings is 1. The van der Waals surface area contributed by atoms with Crippen molar-refractivity contribution in [1.29, 1.82) is 0 Å². The molecule has 0 aliphatic carbocycles. The van der Waals surface area contributed by atoms with Gasteiger partial charge in [-0.3, -0.25) is 4.98 Å². The van der Waals surface area contributed by atoms with Gasteiger partial charge in [0.05, 0.1) is 0 Å². The molecule has 4 rings (SSSR count). The van der Waals surface area contributed by atoms with E-state index in [0.29, 0.717) is 12.6 Å². The SMILES string of the molecule is Cc1nc(NCc2cccnc2)cc(N2c3ccccc3CC2C)n1. The molecule has 3 aromatic rings. The van der Waals surface area contributed by atoms with Crippen molar-refractivity contribution >= 4 is 17.3 Å². The molecule has 3 heterocycles. The van der Waals surface area contributed by atoms with Crippen LogP contribution in [0.1, 0.15) is 23.9 Å². The predicted octanol–water partition coefficient (Wildman–Crippen LogP) is 3.87. The van der Waals surface area contributed by atoms with Crippen LogP contribution < -0.4 is 10.2 Å². The Morgan fingerprint density at radius 3 is 2.88 bits per heavy atom. The van der Waals surface area contributed by atoms with E-state index in [9.17, 15) is 0 Å². The first-order chi connectivity index (χ1) is 12.2. The van der Waals surface area contributed by atoms with Crippen LogP contribution in [-0.4, -0.2) is 21.0 Å². The first kappa shape index (κ1) is 15.6. The van der Waals surface area contributed by atoms with E-state index >= 15 is 0 Å². The van der Waals surface area contributed by atoms with Crippen LogP contribution in [0, 0.1) is 6.92 Å². The molecule has 5 heteroatoms. The zero-order chi connectivity index (χ0) is 17.2. The maximum absolute atomic E-state index is 4.68. The second-order valence-electron chi connectivity index (χ2n) is 6.43. The lowest BCUT2D eigenvalue weighted by molar-refractivity contribution is 0.747. The fraction of sp³-hybridized carbons (Fsp3) is 0.250. The Balaban J connectivity index is 1.62. The van der Waals surface area contributed by atoms with Crippen LogP contribution >= 0.6 is 0 Å². The molecule has 1 aliphatic heterocycles. The minimum Gasteiger partial charge on any atom is -0.366 e. The summed E-state index contributed by atoms with van der Waals surface area (Å²) >= 11 is 0. The third-order valence-electron chi connectivity index (χ3n) is 4.47. The summed E-state index contributed by atoms with van der Waals surface area (Å²) in [4.78, 5) is 15.7. The topological polar surface area (TPSA) is 53.9 Å². The molecule has 0 radical (unpaired) electrons. The average Bonchev–Trinajstić information content (AvgIpc) is 2.96. The quantitative estimate of drug-likeness (QED) is 0.786.